The van der Waals surface area contributed by atoms with E-state index in [1.807, 2.05) is 0 Å². The van der Waals surface area contributed by atoms with Crippen LogP contribution in [0.15, 0.2) is 6.20 Å². The Kier molecular flexibility index (Phi) is 3.06. The fourth-order valence-electron chi connectivity index (χ4n) is 0.670. The van der Waals surface area contributed by atoms with Gasteiger partial charge in [0.15, 0.2) is 0 Å². The summed E-state index contributed by atoms with van der Waals surface area (Å²) in [5.74, 6) is -0.161. The van der Waals surface area contributed by atoms with Crippen molar-refractivity contribution in [2.24, 2.45) is 0 Å². The predicted octanol–water partition coefficient (Wildman–Crippen LogP) is -0.785. The van der Waals surface area contributed by atoms with E-state index in [1.165, 1.54) is 6.20 Å². The summed E-state index contributed by atoms with van der Waals surface area (Å²) in [7, 11) is 0. The van der Waals surface area contributed by atoms with Crippen LogP contribution in [0.1, 0.15) is 12.8 Å². The van der Waals surface area contributed by atoms with Crippen molar-refractivity contribution >= 4 is 5.97 Å². The summed E-state index contributed by atoms with van der Waals surface area (Å²) >= 11 is 0. The number of nitrogens with one attached hydrogen (secondary N) is 1. The molecule has 6 heteroatoms. The molecular formula is C6H10N3O3+. The number of rotatable bonds is 5. The third-order valence-electron chi connectivity index (χ3n) is 1.19. The summed E-state index contributed by atoms with van der Waals surface area (Å²) in [5, 5.41) is 16.2. The molecule has 0 aliphatic carbocycles. The molecule has 1 rings (SSSR count). The van der Waals surface area contributed by atoms with Crippen LogP contribution in [0, 0.1) is 0 Å². The van der Waals surface area contributed by atoms with E-state index < -0.39 is 5.97 Å². The van der Waals surface area contributed by atoms with Gasteiger partial charge in [-0.25, -0.2) is 0 Å². The molecule has 3 N–H and O–H groups in total. The van der Waals surface area contributed by atoms with Crippen molar-refractivity contribution in [1.82, 2.24) is 15.4 Å². The zero-order chi connectivity index (χ0) is 8.81. The molecule has 0 aliphatic heterocycles. The van der Waals surface area contributed by atoms with Crippen molar-refractivity contribution in [3.63, 3.8) is 0 Å². The Hall–Kier alpha value is -1.59. The van der Waals surface area contributed by atoms with Gasteiger partial charge in [-0.3, -0.25) is 0 Å². The highest BCUT2D eigenvalue weighted by Crippen LogP contribution is 2.00. The molecule has 1 heterocycles. The number of nitrogens with zero attached hydrogens (tertiary/aromatic N) is 2. The first kappa shape index (κ1) is 8.51. The molecule has 0 amide bonds. The summed E-state index contributed by atoms with van der Waals surface area (Å²) in [6.07, 6.45) is 2.20. The summed E-state index contributed by atoms with van der Waals surface area (Å²) in [6, 6.07) is 0. The molecule has 0 fully saturated rings. The Morgan fingerprint density at radius 2 is 2.58 bits per heavy atom. The molecule has 1 aromatic heterocycles. The number of hydrogen-bond donors (Lipinski definition) is 1. The van der Waals surface area contributed by atoms with E-state index in [2.05, 4.69) is 15.4 Å². The molecule has 0 bridgehead atoms. The Morgan fingerprint density at radius 3 is 3.17 bits per heavy atom. The number of ether oxygens (including phenoxy) is 1. The van der Waals surface area contributed by atoms with Crippen molar-refractivity contribution < 1.29 is 14.6 Å². The van der Waals surface area contributed by atoms with E-state index in [-0.39, 0.29) is 6.42 Å². The van der Waals surface area contributed by atoms with E-state index in [0.717, 1.165) is 0 Å². The monoisotopic (exact) mass is 172 g/mol. The van der Waals surface area contributed by atoms with E-state index in [4.69, 9.17) is 9.84 Å². The number of carbonyl (C=O) groups is 1. The van der Waals surface area contributed by atoms with Gasteiger partial charge >= 0.3 is 5.97 Å². The first-order valence-corrected chi connectivity index (χ1v) is 3.52. The summed E-state index contributed by atoms with van der Waals surface area (Å²) < 4.78 is 5.06. The van der Waals surface area contributed by atoms with Gasteiger partial charge in [-0.05, 0) is 6.42 Å². The van der Waals surface area contributed by atoms with Crippen LogP contribution in [0.3, 0.4) is 0 Å². The maximum atomic E-state index is 10.2. The molecule has 0 saturated carbocycles. The summed E-state index contributed by atoms with van der Waals surface area (Å²) in [4.78, 5) is 10.2. The Bertz CT molecular complexity index is 234. The van der Waals surface area contributed by atoms with Crippen molar-refractivity contribution in [3.8, 4) is 5.88 Å². The maximum absolute atomic E-state index is 10.2. The second-order valence-corrected chi connectivity index (χ2v) is 2.18. The summed E-state index contributed by atoms with van der Waals surface area (Å²) in [6.45, 7) is 0.386. The zero-order valence-electron chi connectivity index (χ0n) is 6.41. The maximum Gasteiger partial charge on any atom is 0.516 e. The van der Waals surface area contributed by atoms with Crippen molar-refractivity contribution in [2.75, 3.05) is 6.61 Å². The van der Waals surface area contributed by atoms with Gasteiger partial charge in [-0.2, -0.15) is 10.3 Å². The Balaban J connectivity index is 2.07. The minimum Gasteiger partial charge on any atom is -0.565 e. The van der Waals surface area contributed by atoms with Crippen molar-refractivity contribution in [1.29, 1.82) is 0 Å². The molecular weight excluding hydrogens is 162 g/mol. The largest absolute Gasteiger partial charge is 0.565 e. The number of aromatic nitrogens is 3. The van der Waals surface area contributed by atoms with Gasteiger partial charge in [0.05, 0.1) is 6.61 Å². The van der Waals surface area contributed by atoms with Gasteiger partial charge in [0.1, 0.15) is 12.6 Å². The molecule has 12 heavy (non-hydrogen) atoms. The minimum absolute atomic E-state index is 0.220. The van der Waals surface area contributed by atoms with E-state index in [0.29, 0.717) is 18.9 Å². The van der Waals surface area contributed by atoms with Crippen LogP contribution in [-0.4, -0.2) is 33.1 Å². The summed E-state index contributed by atoms with van der Waals surface area (Å²) in [5.41, 5.74) is 0. The van der Waals surface area contributed by atoms with E-state index in [1.54, 1.807) is 0 Å². The molecule has 0 unspecified atom stereocenters. The molecule has 0 atom stereocenters. The normalized spacial score (nSPS) is 9.67. The molecule has 0 aliphatic rings. The predicted molar refractivity (Wildman–Crippen MR) is 39.7 cm³/mol. The quantitative estimate of drug-likeness (QED) is 0.465. The first-order chi connectivity index (χ1) is 5.79. The highest BCUT2D eigenvalue weighted by molar-refractivity contribution is 5.66. The highest BCUT2D eigenvalue weighted by atomic mass is 16.5. The van der Waals surface area contributed by atoms with E-state index >= 15 is 0 Å². The lowest BCUT2D eigenvalue weighted by molar-refractivity contribution is -0.137. The van der Waals surface area contributed by atoms with Crippen molar-refractivity contribution in [3.05, 3.63) is 6.20 Å². The third-order valence-corrected chi connectivity index (χ3v) is 1.19. The van der Waals surface area contributed by atoms with Gasteiger partial charge < -0.3 is 9.84 Å². The average Bonchev–Trinajstić information content (AvgIpc) is 2.49. The van der Waals surface area contributed by atoms with Gasteiger partial charge in [0.2, 0.25) is 0 Å². The molecule has 6 nitrogen and oxygen atoms in total. The van der Waals surface area contributed by atoms with E-state index in [9.17, 15) is 4.79 Å². The lowest BCUT2D eigenvalue weighted by Gasteiger charge is -1.97. The van der Waals surface area contributed by atoms with Crippen LogP contribution >= 0.6 is 0 Å². The number of H-pyrrole nitrogens is 1. The number of hydrogen-bond acceptors (Lipinski definition) is 4. The first-order valence-electron chi connectivity index (χ1n) is 3.52. The van der Waals surface area contributed by atoms with Crippen LogP contribution in [-0.2, 0) is 4.79 Å². The molecule has 66 valence electrons. The van der Waals surface area contributed by atoms with Crippen LogP contribution in [0.25, 0.3) is 0 Å². The fourth-order valence-corrected chi connectivity index (χ4v) is 0.670. The second-order valence-electron chi connectivity index (χ2n) is 2.18. The topological polar surface area (TPSA) is 90.8 Å². The highest BCUT2D eigenvalue weighted by Gasteiger charge is 2.04. The van der Waals surface area contributed by atoms with Crippen molar-refractivity contribution in [2.45, 2.75) is 12.8 Å². The molecule has 0 aromatic carbocycles. The smallest absolute Gasteiger partial charge is 0.516 e. The minimum atomic E-state index is -0.571. The van der Waals surface area contributed by atoms with Crippen LogP contribution in [0.5, 0.6) is 5.88 Å². The standard InChI is InChI=1S/C6H9N3O3/c10-6(11)2-1-3-12-5-4-7-9-8-5/h4H,1-3H2,(H,10,11)(H,7,8,9)/p+1. The second kappa shape index (κ2) is 4.32. The van der Waals surface area contributed by atoms with Gasteiger partial charge in [-0.15, -0.1) is 5.10 Å². The number of aromatic amines is 1. The molecule has 0 radical (unpaired) electrons. The number of carbonyl (C=O) groups excluding carboxylic acids is 1. The van der Waals surface area contributed by atoms with Gasteiger partial charge in [0.25, 0.3) is 5.88 Å². The Morgan fingerprint density at radius 1 is 1.75 bits per heavy atom. The van der Waals surface area contributed by atoms with Gasteiger partial charge in [0, 0.05) is 4.79 Å². The zero-order valence-corrected chi connectivity index (χ0v) is 6.41. The molecule has 1 aromatic rings. The Labute approximate surface area is 68.5 Å². The molecule has 0 saturated heterocycles. The van der Waals surface area contributed by atoms with Crippen LogP contribution < -0.4 is 4.74 Å². The van der Waals surface area contributed by atoms with Gasteiger partial charge in [-0.1, -0.05) is 0 Å². The average molecular weight is 172 g/mol. The van der Waals surface area contributed by atoms with Crippen LogP contribution in [0.4, 0.5) is 0 Å². The fraction of sp³-hybridized carbons (Fsp3) is 0.500. The lowest BCUT2D eigenvalue weighted by atomic mass is 10.3. The lowest BCUT2D eigenvalue weighted by Crippen LogP contribution is -2.02. The molecule has 0 spiro atoms. The SMILES string of the molecule is O=C([OH2+])CCCOc1cn[nH]n1. The third kappa shape index (κ3) is 3.00. The van der Waals surface area contributed by atoms with Crippen LogP contribution in [0.2, 0.25) is 0 Å².